The number of rotatable bonds is 8. The first-order chi connectivity index (χ1) is 23.8. The van der Waals surface area contributed by atoms with Gasteiger partial charge in [-0.2, -0.15) is 15.8 Å². The zero-order chi connectivity index (χ0) is 39.5. The van der Waals surface area contributed by atoms with Gasteiger partial charge >= 0.3 is 7.60 Å². The normalized spacial score (nSPS) is 10.9. The van der Waals surface area contributed by atoms with Crippen LogP contribution in [0.1, 0.15) is 89.5 Å². The number of aryl methyl sites for hydroxylation is 6. The molecule has 0 aliphatic heterocycles. The standard InChI is InChI=1S/2C12H12BrN.C10H11BrO.C6H12NO3P/c2*1-8(4-5-14)11-6-9(2)12(13)10(3)7-11;1-6-4-9(8(3)12)5-7(2)10(6)11;1-3-9-11(8,6-5-7)10-4-2/h2*4,6-7H,1-3H3;4-5H,1-3H3;3-4,6H2,1-2H3/b8-4+;8-4-;;. The summed E-state index contributed by atoms with van der Waals surface area (Å²) in [6.45, 7) is 21.7. The number of ketones is 1. The van der Waals surface area contributed by atoms with Crippen molar-refractivity contribution in [1.82, 2.24) is 0 Å². The van der Waals surface area contributed by atoms with Crippen molar-refractivity contribution in [2.45, 2.75) is 76.2 Å². The number of Topliss-reactive ketones (excluding diaryl/α,β-unsaturated/α-hetero) is 1. The lowest BCUT2D eigenvalue weighted by Gasteiger charge is -2.12. The summed E-state index contributed by atoms with van der Waals surface area (Å²) in [6.07, 6.45) is 2.97. The van der Waals surface area contributed by atoms with Crippen LogP contribution >= 0.6 is 55.4 Å². The predicted molar refractivity (Wildman–Crippen MR) is 221 cm³/mol. The Kier molecular flexibility index (Phi) is 22.7. The monoisotopic (exact) mass is 901 g/mol. The van der Waals surface area contributed by atoms with E-state index in [9.17, 15) is 9.36 Å². The van der Waals surface area contributed by atoms with Crippen LogP contribution in [0.25, 0.3) is 11.1 Å². The van der Waals surface area contributed by atoms with Crippen LogP contribution in [0.15, 0.2) is 62.0 Å². The lowest BCUT2D eigenvalue weighted by molar-refractivity contribution is 0.101. The number of carbonyl (C=O) groups is 1. The summed E-state index contributed by atoms with van der Waals surface area (Å²) < 4.78 is 24.4. The molecule has 7 nitrogen and oxygen atoms in total. The first-order valence-corrected chi connectivity index (χ1v) is 20.1. The van der Waals surface area contributed by atoms with Gasteiger partial charge in [-0.1, -0.05) is 72.1 Å². The Morgan fingerprint density at radius 1 is 0.627 bits per heavy atom. The fraction of sp³-hybridized carbons (Fsp3) is 0.350. The highest BCUT2D eigenvalue weighted by molar-refractivity contribution is 9.11. The zero-order valence-corrected chi connectivity index (χ0v) is 36.9. The largest absolute Gasteiger partial charge is 0.344 e. The van der Waals surface area contributed by atoms with Gasteiger partial charge in [-0.05, 0) is 144 Å². The molecule has 0 heterocycles. The third kappa shape index (κ3) is 16.8. The van der Waals surface area contributed by atoms with E-state index in [1.165, 1.54) is 22.3 Å². The van der Waals surface area contributed by atoms with Gasteiger partial charge in [0.05, 0.1) is 31.4 Å². The van der Waals surface area contributed by atoms with Gasteiger partial charge in [0.1, 0.15) is 6.16 Å². The van der Waals surface area contributed by atoms with Crippen molar-refractivity contribution in [1.29, 1.82) is 15.8 Å². The maximum Gasteiger partial charge on any atom is 0.344 e. The average molecular weight is 905 g/mol. The summed E-state index contributed by atoms with van der Waals surface area (Å²) in [5.74, 6) is 0.119. The van der Waals surface area contributed by atoms with Crippen molar-refractivity contribution in [3.05, 3.63) is 112 Å². The van der Waals surface area contributed by atoms with E-state index in [1.54, 1.807) is 39.0 Å². The molecule has 0 fully saturated rings. The van der Waals surface area contributed by atoms with Gasteiger partial charge in [0.25, 0.3) is 0 Å². The van der Waals surface area contributed by atoms with Crippen LogP contribution < -0.4 is 0 Å². The van der Waals surface area contributed by atoms with Crippen molar-refractivity contribution in [3.63, 3.8) is 0 Å². The highest BCUT2D eigenvalue weighted by Crippen LogP contribution is 2.47. The molecule has 0 saturated heterocycles. The third-order valence-electron chi connectivity index (χ3n) is 7.10. The molecule has 0 spiro atoms. The van der Waals surface area contributed by atoms with Crippen LogP contribution in [0.5, 0.6) is 0 Å². The Bertz CT molecular complexity index is 1750. The van der Waals surface area contributed by atoms with Crippen LogP contribution in [-0.2, 0) is 13.6 Å². The first kappa shape index (κ1) is 47.9. The second-order valence-corrected chi connectivity index (χ2v) is 15.9. The van der Waals surface area contributed by atoms with Crippen molar-refractivity contribution in [2.24, 2.45) is 0 Å². The van der Waals surface area contributed by atoms with E-state index >= 15 is 0 Å². The molecule has 0 bridgehead atoms. The number of benzene rings is 3. The average Bonchev–Trinajstić information content (AvgIpc) is 3.05. The van der Waals surface area contributed by atoms with Crippen LogP contribution in [0.3, 0.4) is 0 Å². The van der Waals surface area contributed by atoms with Crippen molar-refractivity contribution in [2.75, 3.05) is 19.4 Å². The van der Waals surface area contributed by atoms with Crippen LogP contribution in [0.2, 0.25) is 0 Å². The first-order valence-electron chi connectivity index (χ1n) is 16.0. The van der Waals surface area contributed by atoms with Crippen LogP contribution in [0.4, 0.5) is 0 Å². The van der Waals surface area contributed by atoms with E-state index < -0.39 is 7.60 Å². The Labute approximate surface area is 330 Å². The number of carbonyl (C=O) groups excluding carboxylic acids is 1. The number of hydrogen-bond donors (Lipinski definition) is 0. The molecule has 0 N–H and O–H groups in total. The molecule has 0 aliphatic rings. The molecule has 0 radical (unpaired) electrons. The smallest absolute Gasteiger partial charge is 0.308 e. The zero-order valence-electron chi connectivity index (χ0n) is 31.3. The molecule has 0 aromatic heterocycles. The minimum absolute atomic E-state index is 0.119. The van der Waals surface area contributed by atoms with E-state index in [0.29, 0.717) is 13.2 Å². The van der Waals surface area contributed by atoms with E-state index in [1.807, 2.05) is 52.0 Å². The SMILES string of the molecule is C/C(=C/C#N)c1cc(C)c(Br)c(C)c1.C/C(=C\C#N)c1cc(C)c(Br)c(C)c1.CC(=O)c1cc(C)c(Br)c(C)c1.CCOP(=O)(CC#N)OCC. The van der Waals surface area contributed by atoms with Gasteiger partial charge in [0.2, 0.25) is 0 Å². The molecule has 0 atom stereocenters. The van der Waals surface area contributed by atoms with E-state index in [2.05, 4.69) is 99.8 Å². The minimum Gasteiger partial charge on any atom is -0.308 e. The maximum absolute atomic E-state index is 11.3. The fourth-order valence-corrected chi connectivity index (χ4v) is 6.37. The second kappa shape index (κ2) is 24.2. The van der Waals surface area contributed by atoms with Crippen LogP contribution in [-0.4, -0.2) is 25.2 Å². The van der Waals surface area contributed by atoms with Crippen LogP contribution in [0, 0.1) is 75.5 Å². The van der Waals surface area contributed by atoms with Gasteiger partial charge in [-0.3, -0.25) is 9.36 Å². The fourth-order valence-electron chi connectivity index (χ4n) is 4.47. The van der Waals surface area contributed by atoms with Gasteiger partial charge in [0, 0.05) is 31.1 Å². The third-order valence-corrected chi connectivity index (χ3v) is 12.7. The molecule has 0 saturated carbocycles. The Morgan fingerprint density at radius 3 is 1.12 bits per heavy atom. The molecule has 3 aromatic rings. The van der Waals surface area contributed by atoms with Crippen molar-refractivity contribution in [3.8, 4) is 18.2 Å². The molecule has 51 heavy (non-hydrogen) atoms. The summed E-state index contributed by atoms with van der Waals surface area (Å²) in [5.41, 5.74) is 12.0. The molecular weight excluding hydrogens is 857 g/mol. The van der Waals surface area contributed by atoms with Crippen molar-refractivity contribution < 1.29 is 18.4 Å². The topological polar surface area (TPSA) is 124 Å². The Hall–Kier alpha value is -3.13. The Morgan fingerprint density at radius 2 is 0.902 bits per heavy atom. The van der Waals surface area contributed by atoms with E-state index in [0.717, 1.165) is 52.4 Å². The molecular formula is C40H47Br3N3O4P. The number of halogens is 3. The van der Waals surface area contributed by atoms with Gasteiger partial charge < -0.3 is 9.05 Å². The Balaban J connectivity index is 0.000000657. The number of allylic oxidation sites excluding steroid dienone is 4. The predicted octanol–water partition coefficient (Wildman–Crippen LogP) is 13.0. The summed E-state index contributed by atoms with van der Waals surface area (Å²) >= 11 is 10.5. The molecule has 3 aromatic carbocycles. The van der Waals surface area contributed by atoms with E-state index in [4.69, 9.17) is 24.8 Å². The van der Waals surface area contributed by atoms with Gasteiger partial charge in [-0.25, -0.2) is 0 Å². The number of nitriles is 3. The molecule has 0 aliphatic carbocycles. The molecule has 272 valence electrons. The lowest BCUT2D eigenvalue weighted by Crippen LogP contribution is -1.98. The second-order valence-electron chi connectivity index (χ2n) is 11.5. The van der Waals surface area contributed by atoms with Gasteiger partial charge in [0.15, 0.2) is 5.78 Å². The summed E-state index contributed by atoms with van der Waals surface area (Å²) in [6, 6.07) is 18.0. The number of nitrogens with zero attached hydrogens (tertiary/aromatic N) is 3. The van der Waals surface area contributed by atoms with E-state index in [-0.39, 0.29) is 11.9 Å². The maximum atomic E-state index is 11.3. The summed E-state index contributed by atoms with van der Waals surface area (Å²) in [4.78, 5) is 11.0. The molecule has 3 rings (SSSR count). The highest BCUT2D eigenvalue weighted by Gasteiger charge is 2.22. The highest BCUT2D eigenvalue weighted by atomic mass is 79.9. The quantitative estimate of drug-likeness (QED) is 0.125. The number of hydrogen-bond acceptors (Lipinski definition) is 7. The van der Waals surface area contributed by atoms with Crippen molar-refractivity contribution >= 4 is 72.3 Å². The lowest BCUT2D eigenvalue weighted by atomic mass is 10.0. The summed E-state index contributed by atoms with van der Waals surface area (Å²) in [5, 5.41) is 25.4. The summed E-state index contributed by atoms with van der Waals surface area (Å²) in [7, 11) is -3.08. The molecule has 0 amide bonds. The molecule has 11 heteroatoms. The molecule has 0 unspecified atom stereocenters. The van der Waals surface area contributed by atoms with Gasteiger partial charge in [-0.15, -0.1) is 0 Å². The minimum atomic E-state index is -3.08.